The van der Waals surface area contributed by atoms with Gasteiger partial charge in [0.15, 0.2) is 0 Å². The van der Waals surface area contributed by atoms with Crippen LogP contribution < -0.4 is 5.32 Å². The van der Waals surface area contributed by atoms with Crippen molar-refractivity contribution in [3.8, 4) is 0 Å². The van der Waals surface area contributed by atoms with Gasteiger partial charge >= 0.3 is 5.97 Å². The van der Waals surface area contributed by atoms with Crippen LogP contribution in [-0.4, -0.2) is 43.2 Å². The number of rotatable bonds is 12. The summed E-state index contributed by atoms with van der Waals surface area (Å²) in [4.78, 5) is 16.2. The average Bonchev–Trinajstić information content (AvgIpc) is 2.88. The fourth-order valence-corrected chi connectivity index (χ4v) is 5.03. The lowest BCUT2D eigenvalue weighted by atomic mass is 9.87. The molecule has 1 aliphatic heterocycles. The van der Waals surface area contributed by atoms with E-state index in [1.165, 1.54) is 18.6 Å². The van der Waals surface area contributed by atoms with Crippen LogP contribution in [0.1, 0.15) is 64.0 Å². The highest BCUT2D eigenvalue weighted by Gasteiger charge is 2.44. The zero-order valence-electron chi connectivity index (χ0n) is 21.1. The van der Waals surface area contributed by atoms with Gasteiger partial charge in [-0.25, -0.2) is 9.18 Å². The maximum absolute atomic E-state index is 13.9. The smallest absolute Gasteiger partial charge is 0.331 e. The van der Waals surface area contributed by atoms with Crippen molar-refractivity contribution in [3.05, 3.63) is 71.5 Å². The first-order valence-electron chi connectivity index (χ1n) is 13.0. The summed E-state index contributed by atoms with van der Waals surface area (Å²) in [5.41, 5.74) is 1.29. The van der Waals surface area contributed by atoms with E-state index in [2.05, 4.69) is 24.1 Å². The zero-order valence-corrected chi connectivity index (χ0v) is 21.1. The largest absolute Gasteiger partial charge is 0.459 e. The van der Waals surface area contributed by atoms with Crippen molar-refractivity contribution in [2.75, 3.05) is 26.2 Å². The second-order valence-electron chi connectivity index (χ2n) is 9.59. The molecule has 0 radical (unpaired) electrons. The van der Waals surface area contributed by atoms with Crippen molar-refractivity contribution < 1.29 is 13.9 Å². The number of hydrogen-bond donors (Lipinski definition) is 1. The lowest BCUT2D eigenvalue weighted by Crippen LogP contribution is -2.54. The molecule has 0 aromatic heterocycles. The van der Waals surface area contributed by atoms with Gasteiger partial charge in [0.05, 0.1) is 0 Å². The first-order valence-corrected chi connectivity index (χ1v) is 13.0. The van der Waals surface area contributed by atoms with Crippen molar-refractivity contribution in [1.82, 2.24) is 10.2 Å². The predicted molar refractivity (Wildman–Crippen MR) is 136 cm³/mol. The van der Waals surface area contributed by atoms with E-state index in [4.69, 9.17) is 4.74 Å². The topological polar surface area (TPSA) is 41.6 Å². The minimum absolute atomic E-state index is 0.155. The van der Waals surface area contributed by atoms with Gasteiger partial charge in [-0.1, -0.05) is 62.7 Å². The van der Waals surface area contributed by atoms with Gasteiger partial charge in [0, 0.05) is 6.54 Å². The second-order valence-corrected chi connectivity index (χ2v) is 9.59. The molecule has 5 heteroatoms. The Morgan fingerprint density at radius 3 is 2.29 bits per heavy atom. The lowest BCUT2D eigenvalue weighted by molar-refractivity contribution is -0.167. The molecule has 34 heavy (non-hydrogen) atoms. The van der Waals surface area contributed by atoms with Gasteiger partial charge in [-0.15, -0.1) is 0 Å². The molecule has 1 saturated heterocycles. The quantitative estimate of drug-likeness (QED) is 0.320. The Bertz CT molecular complexity index is 863. The summed E-state index contributed by atoms with van der Waals surface area (Å²) in [6, 6.07) is 16.7. The van der Waals surface area contributed by atoms with Crippen LogP contribution in [0.2, 0.25) is 0 Å². The number of likely N-dealkylation sites (tertiary alicyclic amines) is 1. The maximum Gasteiger partial charge on any atom is 0.331 e. The maximum atomic E-state index is 13.9. The molecule has 0 saturated carbocycles. The van der Waals surface area contributed by atoms with Gasteiger partial charge in [-0.3, -0.25) is 4.90 Å². The van der Waals surface area contributed by atoms with E-state index in [-0.39, 0.29) is 17.9 Å². The van der Waals surface area contributed by atoms with E-state index in [1.54, 1.807) is 0 Å². The third-order valence-corrected chi connectivity index (χ3v) is 7.40. The summed E-state index contributed by atoms with van der Waals surface area (Å²) in [6.07, 6.45) is 5.96. The fraction of sp³-hybridized carbons (Fsp3) is 0.552. The monoisotopic (exact) mass is 468 g/mol. The molecule has 0 amide bonds. The minimum Gasteiger partial charge on any atom is -0.459 e. The van der Waals surface area contributed by atoms with Crippen LogP contribution in [-0.2, 0) is 21.5 Å². The number of piperidine rings is 1. The number of nitrogens with zero attached hydrogens (tertiary/aromatic N) is 1. The summed E-state index contributed by atoms with van der Waals surface area (Å²) in [5, 5.41) is 3.49. The van der Waals surface area contributed by atoms with E-state index in [1.807, 2.05) is 49.4 Å². The Kier molecular flexibility index (Phi) is 10.1. The summed E-state index contributed by atoms with van der Waals surface area (Å²) in [7, 11) is 0. The number of halogens is 1. The van der Waals surface area contributed by atoms with Gasteiger partial charge in [0.1, 0.15) is 17.5 Å². The van der Waals surface area contributed by atoms with Crippen LogP contribution in [0.25, 0.3) is 0 Å². The van der Waals surface area contributed by atoms with E-state index in [9.17, 15) is 9.18 Å². The summed E-state index contributed by atoms with van der Waals surface area (Å²) < 4.78 is 19.5. The molecular formula is C29H41FN2O2. The highest BCUT2D eigenvalue weighted by atomic mass is 19.1. The molecule has 3 rings (SSSR count). The molecule has 186 valence electrons. The van der Waals surface area contributed by atoms with Gasteiger partial charge in [0.25, 0.3) is 0 Å². The summed E-state index contributed by atoms with van der Waals surface area (Å²) >= 11 is 0. The fourth-order valence-electron chi connectivity index (χ4n) is 5.03. The molecule has 0 aliphatic carbocycles. The molecule has 2 aromatic carbocycles. The number of carbonyl (C=O) groups is 1. The van der Waals surface area contributed by atoms with Crippen molar-refractivity contribution in [2.24, 2.45) is 5.92 Å². The second kappa shape index (κ2) is 13.0. The SMILES string of the molecule is CCC(CC)[C@H](CNCCc1ccc(F)cc1)OC(=O)[C@](C)(c1ccccc1)N1CCCCC1. The van der Waals surface area contributed by atoms with Crippen LogP contribution in [0.3, 0.4) is 0 Å². The van der Waals surface area contributed by atoms with Crippen molar-refractivity contribution >= 4 is 5.97 Å². The highest BCUT2D eigenvalue weighted by Crippen LogP contribution is 2.33. The Morgan fingerprint density at radius 1 is 1.03 bits per heavy atom. The molecule has 1 heterocycles. The molecule has 2 atom stereocenters. The standard InChI is InChI=1S/C29H41FN2O2/c1-4-24(5-2)27(22-31-19-18-23-14-16-26(30)17-15-23)34-28(33)29(3,25-12-8-6-9-13-25)32-20-10-7-11-21-32/h6,8-9,12-17,24,27,31H,4-5,7,10-11,18-22H2,1-3H3/t27-,29-/m0/s1. The number of benzene rings is 2. The molecule has 1 aliphatic rings. The zero-order chi connectivity index (χ0) is 24.4. The van der Waals surface area contributed by atoms with Crippen LogP contribution >= 0.6 is 0 Å². The number of esters is 1. The van der Waals surface area contributed by atoms with Crippen LogP contribution in [0.15, 0.2) is 54.6 Å². The molecule has 2 aromatic rings. The highest BCUT2D eigenvalue weighted by molar-refractivity contribution is 5.82. The Morgan fingerprint density at radius 2 is 1.68 bits per heavy atom. The van der Waals surface area contributed by atoms with Crippen molar-refractivity contribution in [3.63, 3.8) is 0 Å². The van der Waals surface area contributed by atoms with E-state index < -0.39 is 5.54 Å². The third-order valence-electron chi connectivity index (χ3n) is 7.40. The van der Waals surface area contributed by atoms with Crippen LogP contribution in [0.4, 0.5) is 4.39 Å². The minimum atomic E-state index is -0.792. The first-order chi connectivity index (χ1) is 16.5. The predicted octanol–water partition coefficient (Wildman–Crippen LogP) is 5.71. The van der Waals surface area contributed by atoms with Crippen LogP contribution in [0.5, 0.6) is 0 Å². The van der Waals surface area contributed by atoms with Gasteiger partial charge < -0.3 is 10.1 Å². The van der Waals surface area contributed by atoms with E-state index >= 15 is 0 Å². The molecule has 0 spiro atoms. The normalized spacial score (nSPS) is 17.3. The summed E-state index contributed by atoms with van der Waals surface area (Å²) in [6.45, 7) is 9.54. The summed E-state index contributed by atoms with van der Waals surface area (Å²) in [5.74, 6) is -0.0749. The molecule has 0 bridgehead atoms. The molecular weight excluding hydrogens is 427 g/mol. The third kappa shape index (κ3) is 6.67. The number of hydrogen-bond acceptors (Lipinski definition) is 4. The van der Waals surface area contributed by atoms with Crippen molar-refractivity contribution in [2.45, 2.75) is 70.9 Å². The lowest BCUT2D eigenvalue weighted by Gasteiger charge is -2.42. The van der Waals surface area contributed by atoms with Gasteiger partial charge in [0.2, 0.25) is 0 Å². The Hall–Kier alpha value is -2.24. The van der Waals surface area contributed by atoms with E-state index in [0.29, 0.717) is 12.5 Å². The number of ether oxygens (including phenoxy) is 1. The molecule has 4 nitrogen and oxygen atoms in total. The van der Waals surface area contributed by atoms with Gasteiger partial charge in [-0.05, 0) is 87.8 Å². The first kappa shape index (κ1) is 26.4. The average molecular weight is 469 g/mol. The molecule has 0 unspecified atom stereocenters. The van der Waals surface area contributed by atoms with Gasteiger partial charge in [-0.2, -0.15) is 0 Å². The molecule has 1 N–H and O–H groups in total. The van der Waals surface area contributed by atoms with Crippen LogP contribution in [0, 0.1) is 11.7 Å². The number of nitrogens with one attached hydrogen (secondary N) is 1. The molecule has 1 fully saturated rings. The Balaban J connectivity index is 1.71. The van der Waals surface area contributed by atoms with Crippen molar-refractivity contribution in [1.29, 1.82) is 0 Å². The van der Waals surface area contributed by atoms with E-state index in [0.717, 1.165) is 62.9 Å². The number of carbonyl (C=O) groups excluding carboxylic acids is 1. The Labute approximate surface area is 204 Å².